The van der Waals surface area contributed by atoms with E-state index >= 15 is 0 Å². The molecule has 0 radical (unpaired) electrons. The fourth-order valence-corrected chi connectivity index (χ4v) is 4.39. The van der Waals surface area contributed by atoms with Crippen LogP contribution < -0.4 is 15.3 Å². The molecule has 0 bridgehead atoms. The molecule has 0 saturated carbocycles. The van der Waals surface area contributed by atoms with Crippen LogP contribution in [0.3, 0.4) is 0 Å². The summed E-state index contributed by atoms with van der Waals surface area (Å²) in [6.45, 7) is 4.13. The standard InChI is InChI=1S/2C6H7N.C6H7PSe3/c2*1-6-2-4-7-5-3-6;8-7(9,10)6-4-2-1-3-5-6/h2*2-5H,1H3;1-5H,(H2,8,9,10). The fraction of sp³-hybridized carbons (Fsp3) is 0.111. The van der Waals surface area contributed by atoms with E-state index in [1.54, 1.807) is 0 Å². The molecule has 6 heteroatoms. The van der Waals surface area contributed by atoms with Crippen molar-refractivity contribution in [1.82, 2.24) is 0 Å². The van der Waals surface area contributed by atoms with Gasteiger partial charge in [0.25, 0.3) is 0 Å². The van der Waals surface area contributed by atoms with Gasteiger partial charge in [0.2, 0.25) is 0 Å². The van der Waals surface area contributed by atoms with E-state index in [2.05, 4.69) is 94.3 Å². The van der Waals surface area contributed by atoms with Crippen molar-refractivity contribution < 1.29 is 9.97 Å². The van der Waals surface area contributed by atoms with Gasteiger partial charge in [0, 0.05) is 24.3 Å². The molecule has 0 fully saturated rings. The molecule has 0 unspecified atom stereocenters. The summed E-state index contributed by atoms with van der Waals surface area (Å²) in [6.07, 6.45) is 7.65. The molecule has 0 spiro atoms. The van der Waals surface area contributed by atoms with Crippen molar-refractivity contribution in [2.24, 2.45) is 0 Å². The van der Waals surface area contributed by atoms with Gasteiger partial charge in [-0.15, -0.1) is 0 Å². The first kappa shape index (κ1) is 21.6. The van der Waals surface area contributed by atoms with Gasteiger partial charge in [-0.2, -0.15) is 0 Å². The van der Waals surface area contributed by atoms with Gasteiger partial charge < -0.3 is 0 Å². The van der Waals surface area contributed by atoms with Crippen molar-refractivity contribution in [3.05, 3.63) is 90.5 Å². The van der Waals surface area contributed by atoms with Crippen LogP contribution in [0.4, 0.5) is 0 Å². The third-order valence-electron chi connectivity index (χ3n) is 2.84. The van der Waals surface area contributed by atoms with Crippen LogP contribution in [0.15, 0.2) is 79.4 Å². The second kappa shape index (κ2) is 12.0. The van der Waals surface area contributed by atoms with Crippen molar-refractivity contribution in [3.8, 4) is 0 Å². The van der Waals surface area contributed by atoms with E-state index in [4.69, 9.17) is 0 Å². The number of aromatic amines is 2. The van der Waals surface area contributed by atoms with Gasteiger partial charge in [-0.3, -0.25) is 0 Å². The second-order valence-corrected chi connectivity index (χ2v) is 27.4. The number of H-pyrrole nitrogens is 2. The quantitative estimate of drug-likeness (QED) is 0.339. The van der Waals surface area contributed by atoms with Gasteiger partial charge in [0.05, 0.1) is 0 Å². The van der Waals surface area contributed by atoms with Gasteiger partial charge >= 0.3 is 84.8 Å². The molecule has 0 aliphatic heterocycles. The molecule has 2 nitrogen and oxygen atoms in total. The molecule has 2 heterocycles. The van der Waals surface area contributed by atoms with Gasteiger partial charge in [0.1, 0.15) is 0 Å². The number of hydrogen-bond donors (Lipinski definition) is 0. The van der Waals surface area contributed by atoms with Crippen LogP contribution in [-0.4, -0.2) is 46.2 Å². The van der Waals surface area contributed by atoms with E-state index < -0.39 is 2.89 Å². The maximum atomic E-state index is 3.13. The zero-order valence-corrected chi connectivity index (χ0v) is 19.7. The van der Waals surface area contributed by atoms with E-state index in [0.717, 1.165) is 0 Å². The molecule has 0 amide bonds. The zero-order valence-electron chi connectivity index (χ0n) is 13.7. The van der Waals surface area contributed by atoms with Crippen molar-refractivity contribution in [2.75, 3.05) is 0 Å². The molecule has 0 atom stereocenters. The zero-order chi connectivity index (χ0) is 17.8. The Balaban J connectivity index is 0.000000185. The Hall–Kier alpha value is -0.492. The second-order valence-electron chi connectivity index (χ2n) is 4.99. The van der Waals surface area contributed by atoms with E-state index in [9.17, 15) is 0 Å². The Kier molecular flexibility index (Phi) is 10.7. The van der Waals surface area contributed by atoms with Crippen molar-refractivity contribution in [1.29, 1.82) is 0 Å². The summed E-state index contributed by atoms with van der Waals surface area (Å²) < 4.78 is -1.14. The molecule has 0 aliphatic carbocycles. The van der Waals surface area contributed by atoms with Crippen LogP contribution in [-0.2, 0) is 0 Å². The van der Waals surface area contributed by atoms with E-state index in [1.165, 1.54) is 16.4 Å². The maximum absolute atomic E-state index is 3.13. The minimum atomic E-state index is -1.14. The van der Waals surface area contributed by atoms with Crippen molar-refractivity contribution in [2.45, 2.75) is 13.8 Å². The number of rotatable bonds is 1. The van der Waals surface area contributed by atoms with Gasteiger partial charge in [-0.05, 0) is 25.0 Å². The summed E-state index contributed by atoms with van der Waals surface area (Å²) in [4.78, 5) is 5.87. The number of pyridine rings is 2. The molecular formula is C18H21N2PSe3. The van der Waals surface area contributed by atoms with Crippen LogP contribution in [0.2, 0.25) is 0 Å². The topological polar surface area (TPSA) is 28.3 Å². The van der Waals surface area contributed by atoms with Gasteiger partial charge in [-0.1, -0.05) is 0 Å². The van der Waals surface area contributed by atoms with Crippen LogP contribution in [0.5, 0.6) is 0 Å². The normalized spacial score (nSPS) is 9.83. The number of aromatic nitrogens is 2. The number of aryl methyl sites for hydroxylation is 2. The molecular weight excluding hydrogens is 512 g/mol. The Morgan fingerprint density at radius 2 is 1.08 bits per heavy atom. The molecule has 2 N–H and O–H groups in total. The van der Waals surface area contributed by atoms with Crippen molar-refractivity contribution >= 4 is 54.4 Å². The Labute approximate surface area is 168 Å². The van der Waals surface area contributed by atoms with E-state index in [0.29, 0.717) is 0 Å². The molecule has 24 heavy (non-hydrogen) atoms. The van der Waals surface area contributed by atoms with Crippen LogP contribution >= 0.6 is 2.89 Å². The number of nitrogens with one attached hydrogen (secondary N) is 2. The Morgan fingerprint density at radius 1 is 0.708 bits per heavy atom. The van der Waals surface area contributed by atoms with E-state index in [1.807, 2.05) is 55.1 Å². The SMILES string of the molecule is Cc1cc[nH+]cc1.Cc1cc[nH+]cc1.[Se]=P([Se-])([Se-])c1ccccc1. The molecule has 3 rings (SSSR count). The summed E-state index contributed by atoms with van der Waals surface area (Å²) in [6, 6.07) is 18.5. The third kappa shape index (κ3) is 10.4. The van der Waals surface area contributed by atoms with Gasteiger partial charge in [-0.25, -0.2) is 9.97 Å². The minimum absolute atomic E-state index is 1.14. The van der Waals surface area contributed by atoms with Crippen molar-refractivity contribution in [3.63, 3.8) is 0 Å². The predicted molar refractivity (Wildman–Crippen MR) is 106 cm³/mol. The first-order chi connectivity index (χ1) is 11.4. The molecule has 126 valence electrons. The summed E-state index contributed by atoms with van der Waals surface area (Å²) >= 11 is 9.40. The average molecular weight is 533 g/mol. The third-order valence-corrected chi connectivity index (χ3v) is 7.75. The molecule has 2 aromatic heterocycles. The van der Waals surface area contributed by atoms with E-state index in [-0.39, 0.29) is 0 Å². The Morgan fingerprint density at radius 3 is 1.29 bits per heavy atom. The van der Waals surface area contributed by atoms with Gasteiger partial charge in [0.15, 0.2) is 24.8 Å². The van der Waals surface area contributed by atoms with Crippen LogP contribution in [0, 0.1) is 13.8 Å². The molecule has 0 saturated heterocycles. The van der Waals surface area contributed by atoms with Crippen LogP contribution in [0.25, 0.3) is 0 Å². The summed E-state index contributed by atoms with van der Waals surface area (Å²) in [7, 11) is 0. The predicted octanol–water partition coefficient (Wildman–Crippen LogP) is 2.20. The fourth-order valence-electron chi connectivity index (χ4n) is 1.55. The first-order valence-corrected chi connectivity index (χ1v) is 15.8. The van der Waals surface area contributed by atoms with Crippen LogP contribution in [0.1, 0.15) is 11.1 Å². The Bertz CT molecular complexity index is 694. The molecule has 1 aromatic carbocycles. The number of hydrogen-bond acceptors (Lipinski definition) is 0. The first-order valence-electron chi connectivity index (χ1n) is 7.32. The summed E-state index contributed by atoms with van der Waals surface area (Å²) in [5.41, 5.74) is 2.58. The summed E-state index contributed by atoms with van der Waals surface area (Å²) in [5, 5.41) is 1.34. The molecule has 3 aromatic rings. The number of benzene rings is 1. The average Bonchev–Trinajstić information content (AvgIpc) is 2.57. The summed E-state index contributed by atoms with van der Waals surface area (Å²) in [5.74, 6) is 0. The monoisotopic (exact) mass is 536 g/mol. The molecule has 0 aliphatic rings.